The van der Waals surface area contributed by atoms with Crippen molar-refractivity contribution in [2.24, 2.45) is 4.40 Å². The number of benzene rings is 2. The minimum Gasteiger partial charge on any atom is -0.506 e. The van der Waals surface area contributed by atoms with Gasteiger partial charge in [-0.1, -0.05) is 30.3 Å². The number of sulfonamides is 2. The van der Waals surface area contributed by atoms with Crippen LogP contribution < -0.4 is 10.0 Å². The fraction of sp³-hybridized carbons (Fsp3) is 0.182. The van der Waals surface area contributed by atoms with Crippen LogP contribution in [0, 0.1) is 0 Å². The van der Waals surface area contributed by atoms with Gasteiger partial charge in [0.2, 0.25) is 10.0 Å². The van der Waals surface area contributed by atoms with Crippen molar-refractivity contribution in [1.82, 2.24) is 0 Å². The molecule has 11 heteroatoms. The minimum atomic E-state index is -4.32. The highest BCUT2D eigenvalue weighted by molar-refractivity contribution is 7.92. The number of anilines is 2. The molecule has 3 N–H and O–H groups in total. The van der Waals surface area contributed by atoms with Crippen LogP contribution in [0.3, 0.4) is 0 Å². The van der Waals surface area contributed by atoms with E-state index in [0.29, 0.717) is 11.1 Å². The molecule has 0 saturated heterocycles. The van der Waals surface area contributed by atoms with Crippen LogP contribution in [-0.2, 0) is 30.3 Å². The van der Waals surface area contributed by atoms with E-state index in [1.165, 1.54) is 12.1 Å². The van der Waals surface area contributed by atoms with Crippen LogP contribution in [0.4, 0.5) is 11.4 Å². The van der Waals surface area contributed by atoms with Gasteiger partial charge in [0.15, 0.2) is 11.6 Å². The lowest BCUT2D eigenvalue weighted by Gasteiger charge is -2.35. The number of amidine groups is 1. The summed E-state index contributed by atoms with van der Waals surface area (Å²) in [7, 11) is -7.94. The lowest BCUT2D eigenvalue weighted by molar-refractivity contribution is -0.120. The van der Waals surface area contributed by atoms with Crippen LogP contribution in [0.15, 0.2) is 70.0 Å². The summed E-state index contributed by atoms with van der Waals surface area (Å²) in [6.45, 7) is 5.43. The van der Waals surface area contributed by atoms with E-state index >= 15 is 0 Å². The third-order valence-electron chi connectivity index (χ3n) is 5.56. The number of hydrogen-bond donors (Lipinski definition) is 3. The van der Waals surface area contributed by atoms with Crippen LogP contribution in [-0.4, -0.2) is 39.8 Å². The molecule has 1 aliphatic carbocycles. The fourth-order valence-electron chi connectivity index (χ4n) is 4.07. The number of carbonyl (C=O) groups excluding carboxylic acids is 1. The molecule has 1 unspecified atom stereocenters. The highest BCUT2D eigenvalue weighted by atomic mass is 32.2. The first-order valence-corrected chi connectivity index (χ1v) is 13.1. The largest absolute Gasteiger partial charge is 0.506 e. The quantitative estimate of drug-likeness (QED) is 0.550. The predicted octanol–water partition coefficient (Wildman–Crippen LogP) is 2.96. The normalized spacial score (nSPS) is 21.4. The van der Waals surface area contributed by atoms with Gasteiger partial charge in [-0.25, -0.2) is 8.42 Å². The predicted molar refractivity (Wildman–Crippen MR) is 126 cm³/mol. The molecular weight excluding hydrogens is 466 g/mol. The Balaban J connectivity index is 1.87. The molecule has 0 spiro atoms. The molecule has 1 atom stereocenters. The maximum atomic E-state index is 13.6. The Hall–Kier alpha value is -3.44. The molecule has 0 amide bonds. The number of nitrogens with one attached hydrogen (secondary N) is 2. The Bertz CT molecular complexity index is 1490. The molecule has 1 heterocycles. The lowest BCUT2D eigenvalue weighted by atomic mass is 9.67. The second-order valence-electron chi connectivity index (χ2n) is 8.05. The first kappa shape index (κ1) is 22.7. The van der Waals surface area contributed by atoms with E-state index in [-0.39, 0.29) is 39.9 Å². The van der Waals surface area contributed by atoms with E-state index in [0.717, 1.165) is 12.3 Å². The third-order valence-corrected chi connectivity index (χ3v) is 7.48. The Labute approximate surface area is 191 Å². The topological polar surface area (TPSA) is 142 Å². The Kier molecular flexibility index (Phi) is 5.21. The number of allylic oxidation sites excluding steroid dienone is 1. The standard InChI is InChI=1S/C22H21N3O6S2/c1-4-11-22(2)15-8-6-5-7-14(15)19(26)18(20(22)27)21-23-16-10-9-13(24-32(3,28)29)12-17(16)33(30,31)25-21/h4-10,12,24,26H,1,11H2,2-3H3,(H,23,25). The summed E-state index contributed by atoms with van der Waals surface area (Å²) in [4.78, 5) is 13.3. The van der Waals surface area contributed by atoms with Crippen LogP contribution in [0.1, 0.15) is 24.5 Å². The molecule has 0 saturated carbocycles. The monoisotopic (exact) mass is 487 g/mol. The zero-order chi connectivity index (χ0) is 24.2. The van der Waals surface area contributed by atoms with Gasteiger partial charge in [0.05, 0.1) is 17.4 Å². The van der Waals surface area contributed by atoms with E-state index in [1.807, 2.05) is 0 Å². The van der Waals surface area contributed by atoms with Crippen molar-refractivity contribution in [3.63, 3.8) is 0 Å². The fourth-order valence-corrected chi connectivity index (χ4v) is 5.77. The molecule has 172 valence electrons. The summed E-state index contributed by atoms with van der Waals surface area (Å²) in [5.74, 6) is -1.19. The van der Waals surface area contributed by atoms with Gasteiger partial charge in [-0.2, -0.15) is 8.42 Å². The first-order valence-electron chi connectivity index (χ1n) is 9.80. The van der Waals surface area contributed by atoms with E-state index in [1.54, 1.807) is 37.3 Å². The van der Waals surface area contributed by atoms with Gasteiger partial charge in [0.1, 0.15) is 16.2 Å². The molecule has 1 aliphatic heterocycles. The molecular formula is C22H21N3O6S2. The van der Waals surface area contributed by atoms with Crippen LogP contribution in [0.2, 0.25) is 0 Å². The molecule has 0 radical (unpaired) electrons. The van der Waals surface area contributed by atoms with Gasteiger partial charge >= 0.3 is 0 Å². The number of aliphatic hydroxyl groups is 1. The van der Waals surface area contributed by atoms with E-state index in [9.17, 15) is 26.7 Å². The second kappa shape index (κ2) is 7.56. The maximum absolute atomic E-state index is 13.6. The number of aliphatic hydroxyl groups excluding tert-OH is 1. The van der Waals surface area contributed by atoms with Crippen molar-refractivity contribution in [1.29, 1.82) is 0 Å². The van der Waals surface area contributed by atoms with Gasteiger partial charge in [0.25, 0.3) is 10.0 Å². The maximum Gasteiger partial charge on any atom is 0.286 e. The minimum absolute atomic E-state index is 0.0450. The molecule has 0 fully saturated rings. The highest BCUT2D eigenvalue weighted by Crippen LogP contribution is 2.43. The van der Waals surface area contributed by atoms with Crippen molar-refractivity contribution >= 4 is 48.8 Å². The van der Waals surface area contributed by atoms with Gasteiger partial charge in [-0.3, -0.25) is 9.52 Å². The van der Waals surface area contributed by atoms with Crippen molar-refractivity contribution in [3.8, 4) is 0 Å². The Morgan fingerprint density at radius 2 is 1.94 bits per heavy atom. The zero-order valence-electron chi connectivity index (χ0n) is 17.8. The number of carbonyl (C=O) groups is 1. The zero-order valence-corrected chi connectivity index (χ0v) is 19.4. The molecule has 0 bridgehead atoms. The summed E-state index contributed by atoms with van der Waals surface area (Å²) >= 11 is 0. The molecule has 0 aromatic heterocycles. The molecule has 9 nitrogen and oxygen atoms in total. The molecule has 4 rings (SSSR count). The Morgan fingerprint density at radius 3 is 2.61 bits per heavy atom. The molecule has 2 aromatic carbocycles. The molecule has 2 aliphatic rings. The summed E-state index contributed by atoms with van der Waals surface area (Å²) < 4.78 is 54.9. The lowest BCUT2D eigenvalue weighted by Crippen LogP contribution is -2.42. The van der Waals surface area contributed by atoms with Crippen molar-refractivity contribution < 1.29 is 26.7 Å². The van der Waals surface area contributed by atoms with Crippen LogP contribution >= 0.6 is 0 Å². The van der Waals surface area contributed by atoms with Crippen molar-refractivity contribution in [3.05, 3.63) is 71.8 Å². The summed E-state index contributed by atoms with van der Waals surface area (Å²) in [5, 5.41) is 13.8. The number of hydrogen-bond acceptors (Lipinski definition) is 7. The summed E-state index contributed by atoms with van der Waals surface area (Å²) in [6, 6.07) is 10.7. The smallest absolute Gasteiger partial charge is 0.286 e. The number of fused-ring (bicyclic) bond motifs is 2. The van der Waals surface area contributed by atoms with Gasteiger partial charge < -0.3 is 10.4 Å². The average molecular weight is 488 g/mol. The van der Waals surface area contributed by atoms with Crippen molar-refractivity contribution in [2.45, 2.75) is 23.7 Å². The molecule has 33 heavy (non-hydrogen) atoms. The van der Waals surface area contributed by atoms with Gasteiger partial charge in [-0.05, 0) is 37.1 Å². The Morgan fingerprint density at radius 1 is 1.24 bits per heavy atom. The number of nitrogens with zero attached hydrogens (tertiary/aromatic N) is 1. The summed E-state index contributed by atoms with van der Waals surface area (Å²) in [5.41, 5.74) is -0.188. The summed E-state index contributed by atoms with van der Waals surface area (Å²) in [6.07, 6.45) is 2.79. The SMILES string of the molecule is C=CCC1(C)C(=O)C(C2=NS(=O)(=O)c3cc(NS(C)(=O)=O)ccc3N2)=C(O)c2ccccc21. The highest BCUT2D eigenvalue weighted by Gasteiger charge is 2.46. The van der Waals surface area contributed by atoms with Crippen LogP contribution in [0.25, 0.3) is 5.76 Å². The van der Waals surface area contributed by atoms with E-state index in [2.05, 4.69) is 21.0 Å². The first-order chi connectivity index (χ1) is 15.4. The third kappa shape index (κ3) is 3.83. The average Bonchev–Trinajstić information content (AvgIpc) is 2.72. The van der Waals surface area contributed by atoms with Crippen LogP contribution in [0.5, 0.6) is 0 Å². The van der Waals surface area contributed by atoms with E-state index in [4.69, 9.17) is 0 Å². The number of rotatable bonds is 5. The van der Waals surface area contributed by atoms with E-state index < -0.39 is 31.2 Å². The number of ketones is 1. The number of Topliss-reactive ketones (excluding diaryl/α,β-unsaturated/α-hetero) is 1. The van der Waals surface area contributed by atoms with Gasteiger partial charge in [0, 0.05) is 11.3 Å². The molecule has 2 aromatic rings. The van der Waals surface area contributed by atoms with Crippen molar-refractivity contribution in [2.75, 3.05) is 16.3 Å². The second-order valence-corrected chi connectivity index (χ2v) is 11.4. The van der Waals surface area contributed by atoms with Gasteiger partial charge in [-0.15, -0.1) is 11.0 Å².